The van der Waals surface area contributed by atoms with Crippen molar-refractivity contribution in [3.05, 3.63) is 65.7 Å². The summed E-state index contributed by atoms with van der Waals surface area (Å²) in [5, 5.41) is 4.04. The lowest BCUT2D eigenvalue weighted by atomic mass is 10.0. The highest BCUT2D eigenvalue weighted by Gasteiger charge is 2.30. The molecule has 0 N–H and O–H groups in total. The molecule has 1 heterocycles. The van der Waals surface area contributed by atoms with Crippen molar-refractivity contribution in [2.75, 3.05) is 11.4 Å². The summed E-state index contributed by atoms with van der Waals surface area (Å²) in [7, 11) is 0. The molecule has 0 saturated heterocycles. The number of hydrogen-bond donors (Lipinski definition) is 0. The molecular weight excluding hydrogens is 288 g/mol. The van der Waals surface area contributed by atoms with Gasteiger partial charge in [-0.3, -0.25) is 4.79 Å². The summed E-state index contributed by atoms with van der Waals surface area (Å²) in [4.78, 5) is 20.1. The van der Waals surface area contributed by atoms with Crippen LogP contribution in [0.1, 0.15) is 30.6 Å². The van der Waals surface area contributed by atoms with E-state index in [0.29, 0.717) is 18.7 Å². The van der Waals surface area contributed by atoms with Crippen LogP contribution in [-0.4, -0.2) is 18.2 Å². The highest BCUT2D eigenvalue weighted by atomic mass is 16.6. The quantitative estimate of drug-likeness (QED) is 0.860. The minimum absolute atomic E-state index is 0.0831. The summed E-state index contributed by atoms with van der Waals surface area (Å²) in [6.07, 6.45) is 0.330. The second-order valence-corrected chi connectivity index (χ2v) is 5.58. The SMILES string of the molecule is CCN(C(=O)C1=NO[C@H](c2ccccc2)C1)c1ccccc1C. The minimum Gasteiger partial charge on any atom is -0.387 e. The summed E-state index contributed by atoms with van der Waals surface area (Å²) in [5.74, 6) is -0.0831. The Hall–Kier alpha value is -2.62. The lowest BCUT2D eigenvalue weighted by Gasteiger charge is -2.22. The molecule has 4 heteroatoms. The molecule has 0 aromatic heterocycles. The first-order valence-corrected chi connectivity index (χ1v) is 7.86. The number of carbonyl (C=O) groups is 1. The second-order valence-electron chi connectivity index (χ2n) is 5.58. The van der Waals surface area contributed by atoms with Crippen molar-refractivity contribution in [2.45, 2.75) is 26.4 Å². The number of nitrogens with zero attached hydrogens (tertiary/aromatic N) is 2. The second kappa shape index (κ2) is 6.65. The van der Waals surface area contributed by atoms with Gasteiger partial charge in [-0.2, -0.15) is 0 Å². The third-order valence-corrected chi connectivity index (χ3v) is 4.05. The molecule has 3 rings (SSSR count). The van der Waals surface area contributed by atoms with Crippen LogP contribution in [0, 0.1) is 6.92 Å². The van der Waals surface area contributed by atoms with Crippen molar-refractivity contribution < 1.29 is 9.63 Å². The molecule has 1 atom stereocenters. The van der Waals surface area contributed by atoms with Gasteiger partial charge in [0.15, 0.2) is 6.10 Å². The maximum atomic E-state index is 12.8. The molecule has 0 radical (unpaired) electrons. The number of rotatable bonds is 4. The number of benzene rings is 2. The van der Waals surface area contributed by atoms with Crippen LogP contribution in [-0.2, 0) is 9.63 Å². The van der Waals surface area contributed by atoms with Gasteiger partial charge in [0.2, 0.25) is 0 Å². The first-order chi connectivity index (χ1) is 11.2. The maximum Gasteiger partial charge on any atom is 0.276 e. The molecule has 0 fully saturated rings. The van der Waals surface area contributed by atoms with Gasteiger partial charge in [0.1, 0.15) is 5.71 Å². The molecule has 2 aromatic rings. The number of carbonyl (C=O) groups excluding carboxylic acids is 1. The number of anilines is 1. The van der Waals surface area contributed by atoms with Gasteiger partial charge in [0, 0.05) is 18.7 Å². The molecule has 2 aromatic carbocycles. The predicted molar refractivity (Wildman–Crippen MR) is 91.5 cm³/mol. The molecule has 1 aliphatic heterocycles. The third kappa shape index (κ3) is 3.11. The molecule has 23 heavy (non-hydrogen) atoms. The maximum absolute atomic E-state index is 12.8. The number of hydrogen-bond acceptors (Lipinski definition) is 3. The van der Waals surface area contributed by atoms with Crippen molar-refractivity contribution >= 4 is 17.3 Å². The van der Waals surface area contributed by atoms with E-state index in [9.17, 15) is 4.79 Å². The fourth-order valence-corrected chi connectivity index (χ4v) is 2.80. The number of oxime groups is 1. The Kier molecular flexibility index (Phi) is 4.42. The predicted octanol–water partition coefficient (Wildman–Crippen LogP) is 3.87. The Balaban J connectivity index is 1.77. The summed E-state index contributed by atoms with van der Waals surface area (Å²) in [6.45, 7) is 4.57. The lowest BCUT2D eigenvalue weighted by Crippen LogP contribution is -2.36. The topological polar surface area (TPSA) is 41.9 Å². The minimum atomic E-state index is -0.175. The molecule has 0 aliphatic carbocycles. The Labute approximate surface area is 136 Å². The lowest BCUT2D eigenvalue weighted by molar-refractivity contribution is -0.112. The van der Waals surface area contributed by atoms with Crippen LogP contribution in [0.15, 0.2) is 59.8 Å². The Bertz CT molecular complexity index is 725. The molecular formula is C19H20N2O2. The van der Waals surface area contributed by atoms with E-state index in [1.54, 1.807) is 4.90 Å². The normalized spacial score (nSPS) is 16.6. The zero-order chi connectivity index (χ0) is 16.2. The van der Waals surface area contributed by atoms with Crippen LogP contribution in [0.2, 0.25) is 0 Å². The van der Waals surface area contributed by atoms with E-state index in [1.165, 1.54) is 0 Å². The van der Waals surface area contributed by atoms with Crippen LogP contribution in [0.4, 0.5) is 5.69 Å². The highest BCUT2D eigenvalue weighted by Crippen LogP contribution is 2.29. The van der Waals surface area contributed by atoms with Crippen molar-refractivity contribution in [3.63, 3.8) is 0 Å². The third-order valence-electron chi connectivity index (χ3n) is 4.05. The van der Waals surface area contributed by atoms with Gasteiger partial charge in [0.05, 0.1) is 0 Å². The van der Waals surface area contributed by atoms with Crippen LogP contribution >= 0.6 is 0 Å². The van der Waals surface area contributed by atoms with Crippen molar-refractivity contribution in [1.29, 1.82) is 0 Å². The van der Waals surface area contributed by atoms with E-state index >= 15 is 0 Å². The van der Waals surface area contributed by atoms with Gasteiger partial charge >= 0.3 is 0 Å². The average Bonchev–Trinajstić information content (AvgIpc) is 3.08. The fourth-order valence-electron chi connectivity index (χ4n) is 2.80. The zero-order valence-electron chi connectivity index (χ0n) is 13.4. The van der Waals surface area contributed by atoms with E-state index in [4.69, 9.17) is 4.84 Å². The van der Waals surface area contributed by atoms with Gasteiger partial charge < -0.3 is 9.74 Å². The molecule has 0 spiro atoms. The van der Waals surface area contributed by atoms with Crippen molar-refractivity contribution in [3.8, 4) is 0 Å². The van der Waals surface area contributed by atoms with Gasteiger partial charge in [-0.1, -0.05) is 53.7 Å². The molecule has 1 aliphatic rings. The van der Waals surface area contributed by atoms with E-state index < -0.39 is 0 Å². The molecule has 118 valence electrons. The first-order valence-electron chi connectivity index (χ1n) is 7.86. The Morgan fingerprint density at radius 1 is 1.17 bits per heavy atom. The first kappa shape index (κ1) is 15.3. The Morgan fingerprint density at radius 3 is 2.57 bits per heavy atom. The molecule has 4 nitrogen and oxygen atoms in total. The van der Waals surface area contributed by atoms with Crippen LogP contribution in [0.3, 0.4) is 0 Å². The van der Waals surface area contributed by atoms with E-state index in [2.05, 4.69) is 5.16 Å². The number of para-hydroxylation sites is 1. The van der Waals surface area contributed by atoms with E-state index in [0.717, 1.165) is 16.8 Å². The number of amides is 1. The standard InChI is InChI=1S/C19H20N2O2/c1-3-21(17-12-8-7-9-14(17)2)19(22)16-13-18(23-20-16)15-10-5-4-6-11-15/h4-12,18H,3,13H2,1-2H3/t18-/m0/s1. The average molecular weight is 308 g/mol. The summed E-state index contributed by atoms with van der Waals surface area (Å²) in [6, 6.07) is 17.7. The molecule has 1 amide bonds. The van der Waals surface area contributed by atoms with Gasteiger partial charge in [-0.05, 0) is 31.0 Å². The van der Waals surface area contributed by atoms with Crippen LogP contribution in [0.25, 0.3) is 0 Å². The van der Waals surface area contributed by atoms with Crippen LogP contribution < -0.4 is 4.90 Å². The largest absolute Gasteiger partial charge is 0.387 e. The van der Waals surface area contributed by atoms with Gasteiger partial charge in [-0.15, -0.1) is 0 Å². The summed E-state index contributed by atoms with van der Waals surface area (Å²) < 4.78 is 0. The van der Waals surface area contributed by atoms with Gasteiger partial charge in [0.25, 0.3) is 5.91 Å². The van der Waals surface area contributed by atoms with Crippen molar-refractivity contribution in [2.24, 2.45) is 5.16 Å². The monoisotopic (exact) mass is 308 g/mol. The smallest absolute Gasteiger partial charge is 0.276 e. The van der Waals surface area contributed by atoms with E-state index in [-0.39, 0.29) is 12.0 Å². The molecule has 0 unspecified atom stereocenters. The van der Waals surface area contributed by atoms with Crippen LogP contribution in [0.5, 0.6) is 0 Å². The zero-order valence-corrected chi connectivity index (χ0v) is 13.4. The molecule has 0 saturated carbocycles. The summed E-state index contributed by atoms with van der Waals surface area (Å²) >= 11 is 0. The fraction of sp³-hybridized carbons (Fsp3) is 0.263. The number of aryl methyl sites for hydroxylation is 1. The van der Waals surface area contributed by atoms with Gasteiger partial charge in [-0.25, -0.2) is 0 Å². The van der Waals surface area contributed by atoms with Crippen molar-refractivity contribution in [1.82, 2.24) is 0 Å². The van der Waals surface area contributed by atoms with E-state index in [1.807, 2.05) is 68.4 Å². The highest BCUT2D eigenvalue weighted by molar-refractivity contribution is 6.44. The molecule has 0 bridgehead atoms. The summed E-state index contributed by atoms with van der Waals surface area (Å²) in [5.41, 5.74) is 3.51. The Morgan fingerprint density at radius 2 is 1.87 bits per heavy atom.